The van der Waals surface area contributed by atoms with Crippen molar-refractivity contribution in [3.05, 3.63) is 36.3 Å². The van der Waals surface area contributed by atoms with Gasteiger partial charge in [-0.25, -0.2) is 15.0 Å². The van der Waals surface area contributed by atoms with Crippen LogP contribution in [0.1, 0.15) is 18.5 Å². The van der Waals surface area contributed by atoms with Crippen LogP contribution in [0.4, 0.5) is 5.95 Å². The normalized spacial score (nSPS) is 11.1. The average Bonchev–Trinajstić information content (AvgIpc) is 2.91. The second-order valence-corrected chi connectivity index (χ2v) is 4.95. The van der Waals surface area contributed by atoms with E-state index >= 15 is 0 Å². The molecule has 0 atom stereocenters. The number of aromatic amines is 1. The number of nitrogens with one attached hydrogen (secondary N) is 1. The van der Waals surface area contributed by atoms with E-state index in [0.717, 1.165) is 47.2 Å². The summed E-state index contributed by atoms with van der Waals surface area (Å²) in [6.07, 6.45) is 6.51. The zero-order valence-electron chi connectivity index (χ0n) is 11.7. The highest BCUT2D eigenvalue weighted by Gasteiger charge is 2.10. The Kier molecular flexibility index (Phi) is 3.79. The van der Waals surface area contributed by atoms with Crippen LogP contribution in [0, 0.1) is 0 Å². The molecule has 0 unspecified atom stereocenters. The zero-order valence-corrected chi connectivity index (χ0v) is 11.7. The Labute approximate surface area is 122 Å². The van der Waals surface area contributed by atoms with Crippen molar-refractivity contribution < 1.29 is 0 Å². The third-order valence-corrected chi connectivity index (χ3v) is 3.41. The minimum Gasteiger partial charge on any atom is -0.368 e. The number of nitrogens with zero attached hydrogens (tertiary/aromatic N) is 3. The topological polar surface area (TPSA) is 106 Å². The van der Waals surface area contributed by atoms with Crippen LogP contribution >= 0.6 is 0 Å². The van der Waals surface area contributed by atoms with Crippen LogP contribution in [0.3, 0.4) is 0 Å². The number of anilines is 1. The summed E-state index contributed by atoms with van der Waals surface area (Å²) in [5, 5.41) is 1.03. The van der Waals surface area contributed by atoms with Crippen LogP contribution in [-0.2, 0) is 6.42 Å². The Morgan fingerprint density at radius 1 is 1.19 bits per heavy atom. The number of pyridine rings is 1. The second kappa shape index (κ2) is 5.88. The van der Waals surface area contributed by atoms with E-state index in [2.05, 4.69) is 19.9 Å². The average molecular weight is 282 g/mol. The predicted molar refractivity (Wildman–Crippen MR) is 83.5 cm³/mol. The van der Waals surface area contributed by atoms with Crippen molar-refractivity contribution in [1.82, 2.24) is 19.9 Å². The summed E-state index contributed by atoms with van der Waals surface area (Å²) in [7, 11) is 0. The summed E-state index contributed by atoms with van der Waals surface area (Å²) < 4.78 is 0. The van der Waals surface area contributed by atoms with Crippen molar-refractivity contribution in [3.63, 3.8) is 0 Å². The summed E-state index contributed by atoms with van der Waals surface area (Å²) >= 11 is 0. The second-order valence-electron chi connectivity index (χ2n) is 4.95. The lowest BCUT2D eigenvalue weighted by Crippen LogP contribution is -2.03. The molecule has 3 aromatic rings. The summed E-state index contributed by atoms with van der Waals surface area (Å²) in [6, 6.07) is 5.91. The van der Waals surface area contributed by atoms with Crippen LogP contribution in [0.15, 0.2) is 30.6 Å². The van der Waals surface area contributed by atoms with Gasteiger partial charge in [-0.3, -0.25) is 0 Å². The summed E-state index contributed by atoms with van der Waals surface area (Å²) in [5.41, 5.74) is 15.0. The highest BCUT2D eigenvalue weighted by atomic mass is 15.0. The number of aromatic nitrogens is 4. The lowest BCUT2D eigenvalue weighted by Gasteiger charge is -2.05. The maximum atomic E-state index is 5.84. The fourth-order valence-corrected chi connectivity index (χ4v) is 2.40. The lowest BCUT2D eigenvalue weighted by atomic mass is 10.1. The molecule has 6 heteroatoms. The zero-order chi connectivity index (χ0) is 14.7. The van der Waals surface area contributed by atoms with Crippen LogP contribution < -0.4 is 11.5 Å². The number of rotatable bonds is 5. The monoisotopic (exact) mass is 282 g/mol. The number of nitrogens with two attached hydrogens (primary N) is 2. The van der Waals surface area contributed by atoms with Gasteiger partial charge in [0.25, 0.3) is 0 Å². The smallest absolute Gasteiger partial charge is 0.220 e. The first-order valence-electron chi connectivity index (χ1n) is 7.04. The van der Waals surface area contributed by atoms with Crippen LogP contribution in [0.5, 0.6) is 0 Å². The molecule has 3 aromatic heterocycles. The van der Waals surface area contributed by atoms with Gasteiger partial charge >= 0.3 is 0 Å². The van der Waals surface area contributed by atoms with Gasteiger partial charge in [-0.2, -0.15) is 0 Å². The summed E-state index contributed by atoms with van der Waals surface area (Å²) in [4.78, 5) is 16.1. The van der Waals surface area contributed by atoms with Crippen molar-refractivity contribution in [3.8, 4) is 11.3 Å². The standard InChI is InChI=1S/C15H18N6/c16-6-2-1-4-10-8-13(21-15(17)20-10)12-9-19-14-11(12)5-3-7-18-14/h3,5,7-9H,1-2,4,6,16H2,(H,18,19)(H2,17,20,21). The molecule has 21 heavy (non-hydrogen) atoms. The lowest BCUT2D eigenvalue weighted by molar-refractivity contribution is 0.732. The van der Waals surface area contributed by atoms with Gasteiger partial charge < -0.3 is 16.5 Å². The molecule has 0 saturated heterocycles. The Morgan fingerprint density at radius 3 is 2.95 bits per heavy atom. The maximum absolute atomic E-state index is 5.84. The molecule has 0 bridgehead atoms. The fourth-order valence-electron chi connectivity index (χ4n) is 2.40. The Balaban J connectivity index is 1.98. The van der Waals surface area contributed by atoms with Gasteiger partial charge in [-0.15, -0.1) is 0 Å². The van der Waals surface area contributed by atoms with Crippen molar-refractivity contribution >= 4 is 17.0 Å². The van der Waals surface area contributed by atoms with Gasteiger partial charge in [-0.1, -0.05) is 0 Å². The molecule has 0 aliphatic rings. The number of nitrogen functional groups attached to an aromatic ring is 1. The van der Waals surface area contributed by atoms with E-state index in [0.29, 0.717) is 12.5 Å². The molecule has 0 spiro atoms. The number of hydrogen-bond acceptors (Lipinski definition) is 5. The van der Waals surface area contributed by atoms with Crippen molar-refractivity contribution in [1.29, 1.82) is 0 Å². The number of hydrogen-bond donors (Lipinski definition) is 3. The third kappa shape index (κ3) is 2.85. The van der Waals surface area contributed by atoms with Gasteiger partial charge in [0.05, 0.1) is 5.69 Å². The molecule has 0 saturated carbocycles. The van der Waals surface area contributed by atoms with Crippen molar-refractivity contribution in [2.24, 2.45) is 5.73 Å². The quantitative estimate of drug-likeness (QED) is 0.619. The molecule has 0 aliphatic heterocycles. The molecular weight excluding hydrogens is 264 g/mol. The van der Waals surface area contributed by atoms with Crippen LogP contribution in [0.25, 0.3) is 22.3 Å². The van der Waals surface area contributed by atoms with Gasteiger partial charge in [0.15, 0.2) is 0 Å². The Hall–Kier alpha value is -2.47. The number of H-pyrrole nitrogens is 1. The molecule has 0 aliphatic carbocycles. The first-order chi connectivity index (χ1) is 10.3. The fraction of sp³-hybridized carbons (Fsp3) is 0.267. The van der Waals surface area contributed by atoms with Gasteiger partial charge in [0.1, 0.15) is 5.65 Å². The predicted octanol–water partition coefficient (Wildman–Crippen LogP) is 1.88. The van der Waals surface area contributed by atoms with Crippen molar-refractivity contribution in [2.75, 3.05) is 12.3 Å². The molecule has 6 nitrogen and oxygen atoms in total. The summed E-state index contributed by atoms with van der Waals surface area (Å²) in [5.74, 6) is 0.300. The minimum atomic E-state index is 0.300. The molecular formula is C15H18N6. The molecule has 0 fully saturated rings. The Bertz CT molecular complexity index is 749. The van der Waals surface area contributed by atoms with E-state index in [1.54, 1.807) is 6.20 Å². The van der Waals surface area contributed by atoms with E-state index in [9.17, 15) is 0 Å². The van der Waals surface area contributed by atoms with E-state index in [1.165, 1.54) is 0 Å². The number of aryl methyl sites for hydroxylation is 1. The Morgan fingerprint density at radius 2 is 2.10 bits per heavy atom. The van der Waals surface area contributed by atoms with E-state index in [-0.39, 0.29) is 0 Å². The molecule has 5 N–H and O–H groups in total. The number of fused-ring (bicyclic) bond motifs is 1. The largest absolute Gasteiger partial charge is 0.368 e. The molecule has 0 radical (unpaired) electrons. The van der Waals surface area contributed by atoms with Crippen LogP contribution in [-0.4, -0.2) is 26.5 Å². The maximum Gasteiger partial charge on any atom is 0.220 e. The highest BCUT2D eigenvalue weighted by molar-refractivity contribution is 5.92. The molecule has 108 valence electrons. The summed E-state index contributed by atoms with van der Waals surface area (Å²) in [6.45, 7) is 0.696. The minimum absolute atomic E-state index is 0.300. The first-order valence-corrected chi connectivity index (χ1v) is 7.04. The van der Waals surface area contributed by atoms with E-state index < -0.39 is 0 Å². The van der Waals surface area contributed by atoms with Gasteiger partial charge in [0, 0.05) is 29.0 Å². The van der Waals surface area contributed by atoms with E-state index in [4.69, 9.17) is 11.5 Å². The molecule has 0 amide bonds. The van der Waals surface area contributed by atoms with E-state index in [1.807, 2.05) is 24.4 Å². The first kappa shape index (κ1) is 13.5. The van der Waals surface area contributed by atoms with Gasteiger partial charge in [0.2, 0.25) is 5.95 Å². The van der Waals surface area contributed by atoms with Crippen LogP contribution in [0.2, 0.25) is 0 Å². The third-order valence-electron chi connectivity index (χ3n) is 3.41. The number of unbranched alkanes of at least 4 members (excludes halogenated alkanes) is 1. The molecule has 0 aromatic carbocycles. The molecule has 3 rings (SSSR count). The van der Waals surface area contributed by atoms with Gasteiger partial charge in [-0.05, 0) is 44.0 Å². The highest BCUT2D eigenvalue weighted by Crippen LogP contribution is 2.27. The SMILES string of the molecule is NCCCCc1cc(-c2c[nH]c3ncccc23)nc(N)n1. The molecule has 3 heterocycles. The van der Waals surface area contributed by atoms with Crippen molar-refractivity contribution in [2.45, 2.75) is 19.3 Å².